The van der Waals surface area contributed by atoms with E-state index >= 15 is 0 Å². The number of ether oxygens (including phenoxy) is 1. The molecule has 0 spiro atoms. The van der Waals surface area contributed by atoms with Gasteiger partial charge in [0.2, 0.25) is 0 Å². The van der Waals surface area contributed by atoms with Crippen LogP contribution in [0.2, 0.25) is 0 Å². The smallest absolute Gasteiger partial charge is 0.253 e. The lowest BCUT2D eigenvalue weighted by atomic mass is 9.84. The number of nitrogens with zero attached hydrogens (tertiary/aromatic N) is 3. The molecule has 1 N–H and O–H groups in total. The Kier molecular flexibility index (Phi) is 6.28. The van der Waals surface area contributed by atoms with E-state index < -0.39 is 5.60 Å². The minimum absolute atomic E-state index is 0.0200. The van der Waals surface area contributed by atoms with Crippen LogP contribution in [0.3, 0.4) is 0 Å². The van der Waals surface area contributed by atoms with Crippen LogP contribution in [0.4, 0.5) is 0 Å². The Morgan fingerprint density at radius 1 is 1.16 bits per heavy atom. The van der Waals surface area contributed by atoms with Crippen molar-refractivity contribution in [1.29, 1.82) is 0 Å². The van der Waals surface area contributed by atoms with Crippen molar-refractivity contribution in [2.75, 3.05) is 20.1 Å². The first kappa shape index (κ1) is 21.4. The minimum Gasteiger partial charge on any atom is -0.486 e. The number of carbonyl (C=O) groups excluding carboxylic acids is 1. The van der Waals surface area contributed by atoms with Gasteiger partial charge in [-0.2, -0.15) is 5.10 Å². The molecular weight excluding hydrogens is 390 g/mol. The predicted octanol–water partition coefficient (Wildman–Crippen LogP) is 3.87. The standard InChI is InChI=1S/C25H31N3O3/c1-19(31-23-6-4-3-5-7-23)20-8-10-21(11-9-20)24(29)28-16-13-25(30,14-17-28)18-22-12-15-26-27(22)2/h3-11,15,19,22,30H,12-14,16-18H2,1-2H3. The summed E-state index contributed by atoms with van der Waals surface area (Å²) in [4.78, 5) is 14.8. The molecular formula is C25H31N3O3. The summed E-state index contributed by atoms with van der Waals surface area (Å²) in [6, 6.07) is 17.6. The van der Waals surface area contributed by atoms with Gasteiger partial charge in [0, 0.05) is 38.3 Å². The molecule has 31 heavy (non-hydrogen) atoms. The van der Waals surface area contributed by atoms with E-state index in [1.165, 1.54) is 0 Å². The van der Waals surface area contributed by atoms with E-state index in [1.54, 1.807) is 0 Å². The Bertz CT molecular complexity index is 905. The fourth-order valence-electron chi connectivity index (χ4n) is 4.38. The Balaban J connectivity index is 1.31. The summed E-state index contributed by atoms with van der Waals surface area (Å²) in [5.41, 5.74) is 0.971. The molecule has 164 valence electrons. The van der Waals surface area contributed by atoms with Gasteiger partial charge in [0.25, 0.3) is 5.91 Å². The highest BCUT2D eigenvalue weighted by Crippen LogP contribution is 2.31. The van der Waals surface area contributed by atoms with Gasteiger partial charge in [-0.3, -0.25) is 9.80 Å². The van der Waals surface area contributed by atoms with Crippen molar-refractivity contribution in [2.45, 2.75) is 50.4 Å². The maximum Gasteiger partial charge on any atom is 0.253 e. The number of hydrogen-bond donors (Lipinski definition) is 1. The Labute approximate surface area is 184 Å². The van der Waals surface area contributed by atoms with Crippen LogP contribution in [0.25, 0.3) is 0 Å². The number of hydrazone groups is 1. The highest BCUT2D eigenvalue weighted by atomic mass is 16.5. The van der Waals surface area contributed by atoms with Crippen LogP contribution in [0.1, 0.15) is 54.6 Å². The Hall–Kier alpha value is -2.86. The maximum atomic E-state index is 13.0. The predicted molar refractivity (Wildman–Crippen MR) is 121 cm³/mol. The number of hydrogen-bond acceptors (Lipinski definition) is 5. The second-order valence-electron chi connectivity index (χ2n) is 8.68. The molecule has 0 aromatic heterocycles. The van der Waals surface area contributed by atoms with Gasteiger partial charge >= 0.3 is 0 Å². The second kappa shape index (κ2) is 9.10. The molecule has 2 atom stereocenters. The first-order chi connectivity index (χ1) is 14.9. The van der Waals surface area contributed by atoms with Gasteiger partial charge in [-0.25, -0.2) is 0 Å². The number of amides is 1. The van der Waals surface area contributed by atoms with Gasteiger partial charge in [-0.05, 0) is 56.0 Å². The Morgan fingerprint density at radius 2 is 1.84 bits per heavy atom. The molecule has 6 nitrogen and oxygen atoms in total. The monoisotopic (exact) mass is 421 g/mol. The SMILES string of the molecule is CC(Oc1ccccc1)c1ccc(C(=O)N2CCC(O)(CC3CC=NN3C)CC2)cc1. The van der Waals surface area contributed by atoms with E-state index in [-0.39, 0.29) is 18.1 Å². The lowest BCUT2D eigenvalue weighted by molar-refractivity contribution is -0.0368. The fraction of sp³-hybridized carbons (Fsp3) is 0.440. The van der Waals surface area contributed by atoms with Crippen molar-refractivity contribution in [1.82, 2.24) is 9.91 Å². The van der Waals surface area contributed by atoms with Crippen molar-refractivity contribution >= 4 is 12.1 Å². The molecule has 2 aliphatic heterocycles. The van der Waals surface area contributed by atoms with Crippen LogP contribution in [0.15, 0.2) is 59.7 Å². The molecule has 4 rings (SSSR count). The van der Waals surface area contributed by atoms with Gasteiger partial charge in [0.05, 0.1) is 11.6 Å². The lowest BCUT2D eigenvalue weighted by Crippen LogP contribution is -2.49. The van der Waals surface area contributed by atoms with Gasteiger partial charge in [-0.15, -0.1) is 0 Å². The van der Waals surface area contributed by atoms with Crippen molar-refractivity contribution in [3.05, 3.63) is 65.7 Å². The average Bonchev–Trinajstić information content (AvgIpc) is 3.18. The third kappa shape index (κ3) is 5.07. The molecule has 1 fully saturated rings. The summed E-state index contributed by atoms with van der Waals surface area (Å²) in [5.74, 6) is 0.845. The van der Waals surface area contributed by atoms with E-state index in [9.17, 15) is 9.90 Å². The molecule has 2 aromatic rings. The van der Waals surface area contributed by atoms with Crippen LogP contribution in [0.5, 0.6) is 5.75 Å². The number of benzene rings is 2. The largest absolute Gasteiger partial charge is 0.486 e. The summed E-state index contributed by atoms with van der Waals surface area (Å²) < 4.78 is 5.97. The van der Waals surface area contributed by atoms with E-state index in [4.69, 9.17) is 4.74 Å². The molecule has 2 unspecified atom stereocenters. The first-order valence-electron chi connectivity index (χ1n) is 11.0. The zero-order chi connectivity index (χ0) is 21.8. The van der Waals surface area contributed by atoms with Crippen LogP contribution in [0, 0.1) is 0 Å². The topological polar surface area (TPSA) is 65.4 Å². The molecule has 0 radical (unpaired) electrons. The van der Waals surface area contributed by atoms with Gasteiger partial charge in [0.1, 0.15) is 11.9 Å². The van der Waals surface area contributed by atoms with Crippen LogP contribution in [-0.2, 0) is 0 Å². The van der Waals surface area contributed by atoms with Crippen LogP contribution >= 0.6 is 0 Å². The van der Waals surface area contributed by atoms with Crippen LogP contribution < -0.4 is 4.74 Å². The number of likely N-dealkylation sites (tertiary alicyclic amines) is 1. The molecule has 2 aliphatic rings. The van der Waals surface area contributed by atoms with E-state index in [2.05, 4.69) is 5.10 Å². The summed E-state index contributed by atoms with van der Waals surface area (Å²) >= 11 is 0. The highest BCUT2D eigenvalue weighted by molar-refractivity contribution is 5.94. The first-order valence-corrected chi connectivity index (χ1v) is 11.0. The number of rotatable bonds is 6. The normalized spacial score (nSPS) is 21.2. The van der Waals surface area contributed by atoms with Crippen molar-refractivity contribution < 1.29 is 14.6 Å². The Morgan fingerprint density at radius 3 is 2.45 bits per heavy atom. The molecule has 2 aromatic carbocycles. The van der Waals surface area contributed by atoms with E-state index in [0.29, 0.717) is 37.9 Å². The molecule has 2 heterocycles. The highest BCUT2D eigenvalue weighted by Gasteiger charge is 2.37. The molecule has 0 aliphatic carbocycles. The summed E-state index contributed by atoms with van der Waals surface area (Å²) in [7, 11) is 1.95. The number of carbonyl (C=O) groups is 1. The average molecular weight is 422 g/mol. The summed E-state index contributed by atoms with van der Waals surface area (Å²) in [6.07, 6.45) is 4.57. The fourth-order valence-corrected chi connectivity index (χ4v) is 4.38. The lowest BCUT2D eigenvalue weighted by Gasteiger charge is -2.40. The summed E-state index contributed by atoms with van der Waals surface area (Å²) in [5, 5.41) is 17.2. The number of para-hydroxylation sites is 1. The molecule has 1 amide bonds. The third-order valence-electron chi connectivity index (χ3n) is 6.45. The van der Waals surface area contributed by atoms with E-state index in [0.717, 1.165) is 17.7 Å². The zero-order valence-electron chi connectivity index (χ0n) is 18.3. The maximum absolute atomic E-state index is 13.0. The van der Waals surface area contributed by atoms with Crippen molar-refractivity contribution in [2.24, 2.45) is 5.10 Å². The molecule has 6 heteroatoms. The summed E-state index contributed by atoms with van der Waals surface area (Å²) in [6.45, 7) is 3.14. The quantitative estimate of drug-likeness (QED) is 0.769. The zero-order valence-corrected chi connectivity index (χ0v) is 18.3. The molecule has 0 bridgehead atoms. The van der Waals surface area contributed by atoms with Crippen molar-refractivity contribution in [3.8, 4) is 5.75 Å². The molecule has 0 saturated carbocycles. The minimum atomic E-state index is -0.725. The van der Waals surface area contributed by atoms with E-state index in [1.807, 2.05) is 84.7 Å². The third-order valence-corrected chi connectivity index (χ3v) is 6.45. The second-order valence-corrected chi connectivity index (χ2v) is 8.68. The van der Waals surface area contributed by atoms with Crippen molar-refractivity contribution in [3.63, 3.8) is 0 Å². The van der Waals surface area contributed by atoms with Gasteiger partial charge in [-0.1, -0.05) is 30.3 Å². The van der Waals surface area contributed by atoms with Gasteiger partial charge < -0.3 is 14.7 Å². The molecule has 1 saturated heterocycles. The van der Waals surface area contributed by atoms with Crippen LogP contribution in [-0.4, -0.2) is 58.9 Å². The number of piperidine rings is 1. The van der Waals surface area contributed by atoms with Gasteiger partial charge in [0.15, 0.2) is 0 Å². The number of aliphatic hydroxyl groups is 1.